The van der Waals surface area contributed by atoms with Gasteiger partial charge in [-0.2, -0.15) is 0 Å². The number of hydrogen-bond acceptors (Lipinski definition) is 1. The van der Waals surface area contributed by atoms with Gasteiger partial charge in [-0.3, -0.25) is 0 Å². The molecule has 21 heavy (non-hydrogen) atoms. The van der Waals surface area contributed by atoms with Crippen LogP contribution in [0.15, 0.2) is 30.7 Å². The quantitative estimate of drug-likeness (QED) is 0.782. The molecule has 2 aromatic rings. The summed E-state index contributed by atoms with van der Waals surface area (Å²) in [5.41, 5.74) is 3.30. The Bertz CT molecular complexity index is 648. The first-order valence-electron chi connectivity index (χ1n) is 8.64. The second-order valence-electron chi connectivity index (χ2n) is 8.14. The number of nitrogens with zero attached hydrogens (tertiary/aromatic N) is 2. The minimum Gasteiger partial charge on any atom is -0.303 e. The summed E-state index contributed by atoms with van der Waals surface area (Å²) in [4.78, 5) is 4.35. The van der Waals surface area contributed by atoms with Gasteiger partial charge in [0.15, 0.2) is 0 Å². The zero-order chi connectivity index (χ0) is 14.0. The highest BCUT2D eigenvalue weighted by molar-refractivity contribution is 5.46. The van der Waals surface area contributed by atoms with Gasteiger partial charge < -0.3 is 4.40 Å². The molecule has 1 unspecified atom stereocenters. The Hall–Kier alpha value is -1.31. The van der Waals surface area contributed by atoms with Gasteiger partial charge in [-0.1, -0.05) is 13.0 Å². The molecule has 4 fully saturated rings. The molecule has 0 spiro atoms. The van der Waals surface area contributed by atoms with Crippen LogP contribution in [0.5, 0.6) is 0 Å². The van der Waals surface area contributed by atoms with Gasteiger partial charge in [0, 0.05) is 11.6 Å². The molecule has 1 atom stereocenters. The van der Waals surface area contributed by atoms with E-state index in [2.05, 4.69) is 34.5 Å². The molecule has 2 heterocycles. The fourth-order valence-electron chi connectivity index (χ4n) is 6.34. The second-order valence-corrected chi connectivity index (χ2v) is 8.14. The molecule has 4 aliphatic rings. The van der Waals surface area contributed by atoms with Gasteiger partial charge in [-0.05, 0) is 73.8 Å². The third kappa shape index (κ3) is 1.68. The van der Waals surface area contributed by atoms with E-state index in [4.69, 9.17) is 0 Å². The Kier molecular flexibility index (Phi) is 2.40. The first-order valence-corrected chi connectivity index (χ1v) is 8.64. The summed E-state index contributed by atoms with van der Waals surface area (Å²) in [6.45, 7) is 2.49. The Morgan fingerprint density at radius 3 is 2.43 bits per heavy atom. The summed E-state index contributed by atoms with van der Waals surface area (Å²) < 4.78 is 2.32. The average molecular weight is 280 g/mol. The van der Waals surface area contributed by atoms with Gasteiger partial charge in [0.25, 0.3) is 0 Å². The lowest BCUT2D eigenvalue weighted by atomic mass is 9.46. The number of rotatable bonds is 2. The van der Waals surface area contributed by atoms with Gasteiger partial charge in [0.05, 0.1) is 18.0 Å². The van der Waals surface area contributed by atoms with Crippen LogP contribution >= 0.6 is 0 Å². The van der Waals surface area contributed by atoms with Crippen molar-refractivity contribution in [1.82, 2.24) is 9.38 Å². The van der Waals surface area contributed by atoms with Crippen molar-refractivity contribution >= 4 is 5.52 Å². The van der Waals surface area contributed by atoms with Gasteiger partial charge in [-0.15, -0.1) is 0 Å². The van der Waals surface area contributed by atoms with Crippen molar-refractivity contribution in [2.24, 2.45) is 23.2 Å². The third-order valence-electron chi connectivity index (χ3n) is 6.93. The number of pyridine rings is 1. The Labute approximate surface area is 126 Å². The molecule has 0 aromatic carbocycles. The second kappa shape index (κ2) is 4.12. The summed E-state index contributed by atoms with van der Waals surface area (Å²) in [5.74, 6) is 3.74. The molecule has 4 saturated carbocycles. The van der Waals surface area contributed by atoms with Crippen LogP contribution in [0.25, 0.3) is 5.52 Å². The summed E-state index contributed by atoms with van der Waals surface area (Å²) >= 11 is 0. The third-order valence-corrected chi connectivity index (χ3v) is 6.93. The summed E-state index contributed by atoms with van der Waals surface area (Å²) in [6, 6.07) is 6.71. The average Bonchev–Trinajstić information content (AvgIpc) is 2.93. The molecule has 2 aromatic heterocycles. The first kappa shape index (κ1) is 12.3. The van der Waals surface area contributed by atoms with Gasteiger partial charge in [0.1, 0.15) is 0 Å². The molecular formula is C19H24N2. The minimum absolute atomic E-state index is 0.577. The lowest BCUT2D eigenvalue weighted by Gasteiger charge is -2.59. The van der Waals surface area contributed by atoms with E-state index in [1.165, 1.54) is 49.7 Å². The summed E-state index contributed by atoms with van der Waals surface area (Å²) in [6.07, 6.45) is 13.0. The van der Waals surface area contributed by atoms with Crippen LogP contribution in [0.4, 0.5) is 0 Å². The number of hydrogen-bond donors (Lipinski definition) is 0. The minimum atomic E-state index is 0.577. The summed E-state index contributed by atoms with van der Waals surface area (Å²) in [7, 11) is 0. The zero-order valence-corrected chi connectivity index (χ0v) is 12.8. The SMILES string of the molecule is CC(c1cccc2cncn12)C12CC3CC(CC(C3)C1)C2. The van der Waals surface area contributed by atoms with Gasteiger partial charge in [0.2, 0.25) is 0 Å². The van der Waals surface area contributed by atoms with Crippen molar-refractivity contribution in [2.75, 3.05) is 0 Å². The van der Waals surface area contributed by atoms with Crippen LogP contribution in [-0.2, 0) is 0 Å². The predicted octanol–water partition coefficient (Wildman–Crippen LogP) is 4.65. The molecule has 6 rings (SSSR count). The standard InChI is InChI=1S/C19H24N2/c1-13(18-4-2-3-17-11-20-12-21(17)18)19-8-14-5-15(9-19)7-16(6-14)10-19/h2-4,11-16H,5-10H2,1H3. The van der Waals surface area contributed by atoms with Crippen molar-refractivity contribution in [2.45, 2.75) is 51.4 Å². The Morgan fingerprint density at radius 2 is 1.76 bits per heavy atom. The van der Waals surface area contributed by atoms with Crippen LogP contribution in [0, 0.1) is 23.2 Å². The molecular weight excluding hydrogens is 256 g/mol. The maximum Gasteiger partial charge on any atom is 0.0994 e. The van der Waals surface area contributed by atoms with E-state index < -0.39 is 0 Å². The molecule has 0 saturated heterocycles. The Morgan fingerprint density at radius 1 is 1.10 bits per heavy atom. The maximum atomic E-state index is 4.35. The van der Waals surface area contributed by atoms with Crippen LogP contribution < -0.4 is 0 Å². The monoisotopic (exact) mass is 280 g/mol. The lowest BCUT2D eigenvalue weighted by Crippen LogP contribution is -2.48. The topological polar surface area (TPSA) is 17.3 Å². The summed E-state index contributed by atoms with van der Waals surface area (Å²) in [5, 5.41) is 0. The Balaban J connectivity index is 1.59. The molecule has 2 heteroatoms. The molecule has 0 radical (unpaired) electrons. The first-order chi connectivity index (χ1) is 10.2. The molecule has 0 amide bonds. The highest BCUT2D eigenvalue weighted by Gasteiger charge is 2.53. The molecule has 0 N–H and O–H groups in total. The van der Waals surface area contributed by atoms with Crippen molar-refractivity contribution < 1.29 is 0 Å². The van der Waals surface area contributed by atoms with Crippen molar-refractivity contribution in [3.63, 3.8) is 0 Å². The van der Waals surface area contributed by atoms with Gasteiger partial charge >= 0.3 is 0 Å². The molecule has 2 nitrogen and oxygen atoms in total. The van der Waals surface area contributed by atoms with E-state index in [0.717, 1.165) is 17.8 Å². The molecule has 110 valence electrons. The van der Waals surface area contributed by atoms with Crippen LogP contribution in [0.2, 0.25) is 0 Å². The van der Waals surface area contributed by atoms with Crippen LogP contribution in [-0.4, -0.2) is 9.38 Å². The van der Waals surface area contributed by atoms with E-state index in [0.29, 0.717) is 11.3 Å². The van der Waals surface area contributed by atoms with Crippen LogP contribution in [0.1, 0.15) is 57.1 Å². The van der Waals surface area contributed by atoms with E-state index in [1.54, 1.807) is 0 Å². The largest absolute Gasteiger partial charge is 0.303 e. The highest BCUT2D eigenvalue weighted by Crippen LogP contribution is 2.64. The molecule has 4 bridgehead atoms. The number of fused-ring (bicyclic) bond motifs is 1. The van der Waals surface area contributed by atoms with E-state index >= 15 is 0 Å². The van der Waals surface area contributed by atoms with E-state index in [1.807, 2.05) is 12.5 Å². The maximum absolute atomic E-state index is 4.35. The normalized spacial score (nSPS) is 39.0. The van der Waals surface area contributed by atoms with Crippen molar-refractivity contribution in [3.8, 4) is 0 Å². The van der Waals surface area contributed by atoms with Crippen molar-refractivity contribution in [3.05, 3.63) is 36.4 Å². The number of imidazole rings is 1. The van der Waals surface area contributed by atoms with Crippen LogP contribution in [0.3, 0.4) is 0 Å². The zero-order valence-electron chi connectivity index (χ0n) is 12.8. The number of aromatic nitrogens is 2. The lowest BCUT2D eigenvalue weighted by molar-refractivity contribution is -0.0664. The highest BCUT2D eigenvalue weighted by atomic mass is 15.0. The van der Waals surface area contributed by atoms with E-state index in [-0.39, 0.29) is 0 Å². The van der Waals surface area contributed by atoms with Crippen molar-refractivity contribution in [1.29, 1.82) is 0 Å². The van der Waals surface area contributed by atoms with Gasteiger partial charge in [-0.25, -0.2) is 4.98 Å². The predicted molar refractivity (Wildman–Crippen MR) is 84.2 cm³/mol. The molecule has 0 aliphatic heterocycles. The van der Waals surface area contributed by atoms with E-state index in [9.17, 15) is 0 Å². The smallest absolute Gasteiger partial charge is 0.0994 e. The molecule has 4 aliphatic carbocycles. The fraction of sp³-hybridized carbons (Fsp3) is 0.632. The fourth-order valence-corrected chi connectivity index (χ4v) is 6.34.